The van der Waals surface area contributed by atoms with Gasteiger partial charge in [-0.3, -0.25) is 10.1 Å². The number of aryl methyl sites for hydroxylation is 1. The lowest BCUT2D eigenvalue weighted by atomic mass is 10.1. The highest BCUT2D eigenvalue weighted by atomic mass is 32.2. The molecule has 8 nitrogen and oxygen atoms in total. The molecule has 132 valence electrons. The highest BCUT2D eigenvalue weighted by Gasteiger charge is 2.19. The van der Waals surface area contributed by atoms with Gasteiger partial charge in [0.25, 0.3) is 5.69 Å². The zero-order valence-corrected chi connectivity index (χ0v) is 14.6. The summed E-state index contributed by atoms with van der Waals surface area (Å²) in [7, 11) is -2.32. The lowest BCUT2D eigenvalue weighted by molar-refractivity contribution is -0.384. The monoisotopic (exact) mass is 364 g/mol. The molecular weight excluding hydrogens is 348 g/mol. The number of ether oxygens (including phenoxy) is 1. The van der Waals surface area contributed by atoms with Gasteiger partial charge in [0.1, 0.15) is 5.69 Å². The molecule has 0 saturated heterocycles. The molecule has 1 N–H and O–H groups in total. The standard InChI is InChI=1S/C16H16N2O6S/c1-10-4-5-11(16(19)24-2)8-14(10)17-13-7-6-12(25(3,22)23)9-15(13)18(20)21/h4-9,17H,1-3H3. The number of nitro groups is 1. The summed E-state index contributed by atoms with van der Waals surface area (Å²) >= 11 is 0. The zero-order chi connectivity index (χ0) is 18.8. The molecule has 0 spiro atoms. The molecule has 0 heterocycles. The lowest BCUT2D eigenvalue weighted by Gasteiger charge is -2.12. The number of hydrogen-bond acceptors (Lipinski definition) is 7. The minimum absolute atomic E-state index is 0.113. The van der Waals surface area contributed by atoms with Gasteiger partial charge in [-0.25, -0.2) is 13.2 Å². The second kappa shape index (κ2) is 6.89. The third kappa shape index (κ3) is 4.13. The maximum atomic E-state index is 11.6. The normalized spacial score (nSPS) is 11.0. The van der Waals surface area contributed by atoms with Crippen LogP contribution in [0.1, 0.15) is 15.9 Å². The van der Waals surface area contributed by atoms with Crippen molar-refractivity contribution in [1.82, 2.24) is 0 Å². The Kier molecular flexibility index (Phi) is 5.07. The van der Waals surface area contributed by atoms with Crippen LogP contribution < -0.4 is 5.32 Å². The summed E-state index contributed by atoms with van der Waals surface area (Å²) in [6.45, 7) is 1.76. The van der Waals surface area contributed by atoms with Crippen LogP contribution in [0.25, 0.3) is 0 Å². The summed E-state index contributed by atoms with van der Waals surface area (Å²) in [5.41, 5.74) is 1.23. The van der Waals surface area contributed by atoms with Crippen LogP contribution in [0.4, 0.5) is 17.1 Å². The van der Waals surface area contributed by atoms with Gasteiger partial charge in [0.05, 0.1) is 22.5 Å². The molecule has 0 unspecified atom stereocenters. The Labute approximate surface area is 144 Å². The number of nitrogens with one attached hydrogen (secondary N) is 1. The first-order valence-corrected chi connectivity index (χ1v) is 8.97. The molecule has 0 radical (unpaired) electrons. The SMILES string of the molecule is COC(=O)c1ccc(C)c(Nc2ccc(S(C)(=O)=O)cc2[N+](=O)[O-])c1. The van der Waals surface area contributed by atoms with Crippen LogP contribution in [0, 0.1) is 17.0 Å². The van der Waals surface area contributed by atoms with Gasteiger partial charge in [-0.05, 0) is 36.8 Å². The van der Waals surface area contributed by atoms with Gasteiger partial charge < -0.3 is 10.1 Å². The van der Waals surface area contributed by atoms with Crippen molar-refractivity contribution in [2.45, 2.75) is 11.8 Å². The maximum absolute atomic E-state index is 11.6. The number of sulfone groups is 1. The molecule has 0 aliphatic heterocycles. The van der Waals surface area contributed by atoms with Crippen molar-refractivity contribution < 1.29 is 22.9 Å². The van der Waals surface area contributed by atoms with E-state index < -0.39 is 20.7 Å². The molecule has 25 heavy (non-hydrogen) atoms. The number of esters is 1. The van der Waals surface area contributed by atoms with Crippen LogP contribution in [0.3, 0.4) is 0 Å². The number of nitrogens with zero attached hydrogens (tertiary/aromatic N) is 1. The number of hydrogen-bond donors (Lipinski definition) is 1. The fourth-order valence-electron chi connectivity index (χ4n) is 2.15. The van der Waals surface area contributed by atoms with Crippen molar-refractivity contribution in [2.75, 3.05) is 18.7 Å². The van der Waals surface area contributed by atoms with Gasteiger partial charge in [0.15, 0.2) is 9.84 Å². The van der Waals surface area contributed by atoms with Crippen LogP contribution in [-0.2, 0) is 14.6 Å². The van der Waals surface area contributed by atoms with Crippen molar-refractivity contribution in [3.8, 4) is 0 Å². The van der Waals surface area contributed by atoms with Crippen LogP contribution in [-0.4, -0.2) is 32.7 Å². The topological polar surface area (TPSA) is 116 Å². The fraction of sp³-hybridized carbons (Fsp3) is 0.188. The van der Waals surface area contributed by atoms with Gasteiger partial charge in [0, 0.05) is 18.0 Å². The van der Waals surface area contributed by atoms with Crippen molar-refractivity contribution >= 4 is 32.9 Å². The van der Waals surface area contributed by atoms with Crippen LogP contribution in [0.15, 0.2) is 41.3 Å². The van der Waals surface area contributed by atoms with Crippen molar-refractivity contribution in [1.29, 1.82) is 0 Å². The summed E-state index contributed by atoms with van der Waals surface area (Å²) < 4.78 is 27.8. The quantitative estimate of drug-likeness (QED) is 0.492. The Hall–Kier alpha value is -2.94. The van der Waals surface area contributed by atoms with E-state index in [1.54, 1.807) is 19.1 Å². The molecule has 0 fully saturated rings. The summed E-state index contributed by atoms with van der Waals surface area (Å²) in [5.74, 6) is -0.537. The third-order valence-corrected chi connectivity index (χ3v) is 4.63. The summed E-state index contributed by atoms with van der Waals surface area (Å²) in [6, 6.07) is 8.36. The number of methoxy groups -OCH3 is 1. The van der Waals surface area contributed by atoms with E-state index in [1.807, 2.05) is 0 Å². The van der Waals surface area contributed by atoms with Crippen molar-refractivity contribution in [3.05, 3.63) is 57.6 Å². The minimum Gasteiger partial charge on any atom is -0.465 e. The molecule has 0 aliphatic rings. The smallest absolute Gasteiger partial charge is 0.337 e. The molecule has 0 bridgehead atoms. The van der Waals surface area contributed by atoms with Gasteiger partial charge in [-0.1, -0.05) is 6.07 Å². The van der Waals surface area contributed by atoms with E-state index in [0.717, 1.165) is 17.9 Å². The Balaban J connectivity index is 2.50. The van der Waals surface area contributed by atoms with Crippen molar-refractivity contribution in [3.63, 3.8) is 0 Å². The minimum atomic E-state index is -3.57. The van der Waals surface area contributed by atoms with Gasteiger partial charge >= 0.3 is 5.97 Å². The van der Waals surface area contributed by atoms with E-state index in [2.05, 4.69) is 10.1 Å². The Morgan fingerprint density at radius 3 is 2.40 bits per heavy atom. The van der Waals surface area contributed by atoms with Gasteiger partial charge in [-0.15, -0.1) is 0 Å². The highest BCUT2D eigenvalue weighted by Crippen LogP contribution is 2.31. The number of benzene rings is 2. The van der Waals surface area contributed by atoms with Crippen LogP contribution in [0.5, 0.6) is 0 Å². The van der Waals surface area contributed by atoms with Crippen LogP contribution in [0.2, 0.25) is 0 Å². The zero-order valence-electron chi connectivity index (χ0n) is 13.8. The Morgan fingerprint density at radius 1 is 1.16 bits per heavy atom. The van der Waals surface area contributed by atoms with Crippen molar-refractivity contribution in [2.24, 2.45) is 0 Å². The number of anilines is 2. The molecule has 0 aliphatic carbocycles. The summed E-state index contributed by atoms with van der Waals surface area (Å²) in [5, 5.41) is 14.2. The average Bonchev–Trinajstić information content (AvgIpc) is 2.55. The number of rotatable bonds is 5. The molecule has 2 aromatic rings. The predicted octanol–water partition coefficient (Wildman–Crippen LogP) is 2.84. The fourth-order valence-corrected chi connectivity index (χ4v) is 2.79. The predicted molar refractivity (Wildman–Crippen MR) is 92.0 cm³/mol. The number of carbonyl (C=O) groups excluding carboxylic acids is 1. The first-order chi connectivity index (χ1) is 11.6. The Morgan fingerprint density at radius 2 is 1.84 bits per heavy atom. The molecular formula is C16H16N2O6S. The third-order valence-electron chi connectivity index (χ3n) is 3.52. The van der Waals surface area contributed by atoms with Crippen LogP contribution >= 0.6 is 0 Å². The largest absolute Gasteiger partial charge is 0.465 e. The second-order valence-corrected chi connectivity index (χ2v) is 7.37. The molecule has 0 atom stereocenters. The molecule has 0 saturated carbocycles. The van der Waals surface area contributed by atoms with E-state index in [1.165, 1.54) is 25.3 Å². The molecule has 9 heteroatoms. The number of carbonyl (C=O) groups is 1. The lowest BCUT2D eigenvalue weighted by Crippen LogP contribution is -2.05. The molecule has 2 aromatic carbocycles. The molecule has 0 amide bonds. The second-order valence-electron chi connectivity index (χ2n) is 5.35. The van der Waals surface area contributed by atoms with E-state index in [-0.39, 0.29) is 21.8 Å². The first-order valence-electron chi connectivity index (χ1n) is 7.08. The maximum Gasteiger partial charge on any atom is 0.337 e. The first kappa shape index (κ1) is 18.4. The Bertz CT molecular complexity index is 953. The highest BCUT2D eigenvalue weighted by molar-refractivity contribution is 7.90. The summed E-state index contributed by atoms with van der Waals surface area (Å²) in [6.07, 6.45) is 0.975. The van der Waals surface area contributed by atoms with E-state index in [4.69, 9.17) is 0 Å². The average molecular weight is 364 g/mol. The van der Waals surface area contributed by atoms with E-state index >= 15 is 0 Å². The summed E-state index contributed by atoms with van der Waals surface area (Å²) in [4.78, 5) is 22.1. The molecule has 0 aromatic heterocycles. The molecule has 2 rings (SSSR count). The van der Waals surface area contributed by atoms with Gasteiger partial charge in [0.2, 0.25) is 0 Å². The van der Waals surface area contributed by atoms with Gasteiger partial charge in [-0.2, -0.15) is 0 Å². The number of nitro benzene ring substituents is 1. The van der Waals surface area contributed by atoms with E-state index in [9.17, 15) is 23.3 Å². The van der Waals surface area contributed by atoms with E-state index in [0.29, 0.717) is 5.69 Å².